The van der Waals surface area contributed by atoms with Crippen LogP contribution in [0.4, 0.5) is 0 Å². The third kappa shape index (κ3) is 2.32. The minimum atomic E-state index is -0.803. The summed E-state index contributed by atoms with van der Waals surface area (Å²) in [5.74, 6) is -0.796. The number of cyclic esters (lactones) is 1. The van der Waals surface area contributed by atoms with Crippen molar-refractivity contribution in [2.24, 2.45) is 0 Å². The first-order valence-electron chi connectivity index (χ1n) is 5.35. The summed E-state index contributed by atoms with van der Waals surface area (Å²) in [5, 5.41) is 0. The minimum Gasteiger partial charge on any atom is -0.449 e. The highest BCUT2D eigenvalue weighted by molar-refractivity contribution is 6.18. The van der Waals surface area contributed by atoms with E-state index in [1.54, 1.807) is 13.8 Å². The molecule has 4 nitrogen and oxygen atoms in total. The molecular weight excluding hydrogens is 208 g/mol. The van der Waals surface area contributed by atoms with Gasteiger partial charge in [-0.05, 0) is 40.2 Å². The van der Waals surface area contributed by atoms with Crippen molar-refractivity contribution in [2.75, 3.05) is 6.61 Å². The van der Waals surface area contributed by atoms with Gasteiger partial charge >= 0.3 is 5.97 Å². The number of rotatable bonds is 4. The molecule has 90 valence electrons. The van der Waals surface area contributed by atoms with Crippen LogP contribution in [0.1, 0.15) is 34.6 Å². The first kappa shape index (κ1) is 12.9. The van der Waals surface area contributed by atoms with Gasteiger partial charge in [0.15, 0.2) is 11.4 Å². The van der Waals surface area contributed by atoms with Crippen molar-refractivity contribution in [1.82, 2.24) is 0 Å². The predicted molar refractivity (Wildman–Crippen MR) is 59.0 cm³/mol. The molecule has 0 saturated heterocycles. The van der Waals surface area contributed by atoms with Gasteiger partial charge in [0.05, 0.1) is 12.7 Å². The molecule has 0 amide bonds. The van der Waals surface area contributed by atoms with Crippen molar-refractivity contribution < 1.29 is 19.1 Å². The molecule has 1 unspecified atom stereocenters. The molecule has 16 heavy (non-hydrogen) atoms. The maximum Gasteiger partial charge on any atom is 0.342 e. The fraction of sp³-hybridized carbons (Fsp3) is 0.667. The van der Waals surface area contributed by atoms with Crippen molar-refractivity contribution >= 4 is 11.8 Å². The summed E-state index contributed by atoms with van der Waals surface area (Å²) in [5.41, 5.74) is 0.0167. The molecule has 1 rings (SSSR count). The van der Waals surface area contributed by atoms with Gasteiger partial charge in [0, 0.05) is 0 Å². The van der Waals surface area contributed by atoms with E-state index >= 15 is 0 Å². The Bertz CT molecular complexity index is 354. The lowest BCUT2D eigenvalue weighted by Gasteiger charge is -2.25. The maximum absolute atomic E-state index is 11.5. The fourth-order valence-electron chi connectivity index (χ4n) is 1.62. The zero-order valence-electron chi connectivity index (χ0n) is 10.4. The normalized spacial score (nSPS) is 25.2. The Morgan fingerprint density at radius 1 is 1.50 bits per heavy atom. The van der Waals surface area contributed by atoms with Crippen molar-refractivity contribution in [1.29, 1.82) is 0 Å². The van der Waals surface area contributed by atoms with Crippen molar-refractivity contribution in [3.05, 3.63) is 11.1 Å². The minimum absolute atomic E-state index is 0.0599. The second-order valence-corrected chi connectivity index (χ2v) is 4.54. The Labute approximate surface area is 95.6 Å². The van der Waals surface area contributed by atoms with Gasteiger partial charge in [0.25, 0.3) is 0 Å². The third-order valence-electron chi connectivity index (χ3n) is 2.73. The SMILES string of the molecule is CC(=O)C1=C(C)C(C)(COC(C)C)OC1=O. The second-order valence-electron chi connectivity index (χ2n) is 4.54. The van der Waals surface area contributed by atoms with E-state index in [0.29, 0.717) is 5.57 Å². The fourth-order valence-corrected chi connectivity index (χ4v) is 1.62. The van der Waals surface area contributed by atoms with E-state index in [2.05, 4.69) is 0 Å². The van der Waals surface area contributed by atoms with Crippen molar-refractivity contribution in [3.63, 3.8) is 0 Å². The molecule has 1 aliphatic heterocycles. The van der Waals surface area contributed by atoms with Crippen LogP contribution in [0.5, 0.6) is 0 Å². The Hall–Kier alpha value is -1.16. The summed E-state index contributed by atoms with van der Waals surface area (Å²) in [4.78, 5) is 22.8. The quantitative estimate of drug-likeness (QED) is 0.540. The largest absolute Gasteiger partial charge is 0.449 e. The summed E-state index contributed by atoms with van der Waals surface area (Å²) in [6.45, 7) is 8.97. The Kier molecular flexibility index (Phi) is 3.53. The van der Waals surface area contributed by atoms with Gasteiger partial charge in [-0.2, -0.15) is 0 Å². The van der Waals surface area contributed by atoms with Gasteiger partial charge in [-0.15, -0.1) is 0 Å². The molecule has 0 bridgehead atoms. The molecule has 1 heterocycles. The summed E-state index contributed by atoms with van der Waals surface area (Å²) >= 11 is 0. The first-order chi connectivity index (χ1) is 7.28. The number of ketones is 1. The number of Topliss-reactive ketones (excluding diaryl/α,β-unsaturated/α-hetero) is 1. The molecule has 0 aromatic carbocycles. The van der Waals surface area contributed by atoms with E-state index in [4.69, 9.17) is 9.47 Å². The number of carbonyl (C=O) groups is 2. The number of ether oxygens (including phenoxy) is 2. The molecule has 0 aromatic heterocycles. The van der Waals surface area contributed by atoms with E-state index in [1.165, 1.54) is 6.92 Å². The molecule has 0 aromatic rings. The van der Waals surface area contributed by atoms with E-state index in [0.717, 1.165) is 0 Å². The Balaban J connectivity index is 2.93. The van der Waals surface area contributed by atoms with Crippen molar-refractivity contribution in [3.8, 4) is 0 Å². The lowest BCUT2D eigenvalue weighted by atomic mass is 9.95. The number of carbonyl (C=O) groups excluding carboxylic acids is 2. The third-order valence-corrected chi connectivity index (χ3v) is 2.73. The van der Waals surface area contributed by atoms with Crippen LogP contribution < -0.4 is 0 Å². The van der Waals surface area contributed by atoms with Gasteiger partial charge in [-0.3, -0.25) is 4.79 Å². The lowest BCUT2D eigenvalue weighted by molar-refractivity contribution is -0.151. The summed E-state index contributed by atoms with van der Waals surface area (Å²) < 4.78 is 10.7. The molecule has 0 aliphatic carbocycles. The van der Waals surface area contributed by atoms with E-state index in [-0.39, 0.29) is 24.1 Å². The topological polar surface area (TPSA) is 52.6 Å². The van der Waals surface area contributed by atoms with Crippen LogP contribution in [0.25, 0.3) is 0 Å². The summed E-state index contributed by atoms with van der Waals surface area (Å²) in [7, 11) is 0. The standard InChI is InChI=1S/C12H18O4/c1-7(2)15-6-12(5)8(3)10(9(4)13)11(14)16-12/h7H,6H2,1-5H3. The molecule has 1 aliphatic rings. The van der Waals surface area contributed by atoms with Crippen LogP contribution >= 0.6 is 0 Å². The molecule has 0 N–H and O–H groups in total. The maximum atomic E-state index is 11.5. The zero-order chi connectivity index (χ0) is 12.5. The summed E-state index contributed by atoms with van der Waals surface area (Å²) in [6.07, 6.45) is 0.0599. The van der Waals surface area contributed by atoms with Gasteiger partial charge in [-0.25, -0.2) is 4.79 Å². The van der Waals surface area contributed by atoms with Crippen LogP contribution in [-0.4, -0.2) is 30.1 Å². The zero-order valence-corrected chi connectivity index (χ0v) is 10.4. The monoisotopic (exact) mass is 226 g/mol. The van der Waals surface area contributed by atoms with E-state index in [1.807, 2.05) is 13.8 Å². The van der Waals surface area contributed by atoms with Crippen LogP contribution in [0.3, 0.4) is 0 Å². The van der Waals surface area contributed by atoms with Gasteiger partial charge in [0.1, 0.15) is 5.57 Å². The van der Waals surface area contributed by atoms with Crippen LogP contribution in [-0.2, 0) is 19.1 Å². The summed E-state index contributed by atoms with van der Waals surface area (Å²) in [6, 6.07) is 0. The molecule has 1 atom stereocenters. The Morgan fingerprint density at radius 3 is 2.44 bits per heavy atom. The molecule has 4 heteroatoms. The number of hydrogen-bond donors (Lipinski definition) is 0. The number of esters is 1. The molecule has 0 radical (unpaired) electrons. The van der Waals surface area contributed by atoms with E-state index < -0.39 is 11.6 Å². The molecule has 0 fully saturated rings. The smallest absolute Gasteiger partial charge is 0.342 e. The molecular formula is C12H18O4. The van der Waals surface area contributed by atoms with Crippen LogP contribution in [0.15, 0.2) is 11.1 Å². The van der Waals surface area contributed by atoms with E-state index in [9.17, 15) is 9.59 Å². The predicted octanol–water partition coefficient (Wildman–Crippen LogP) is 1.63. The molecule has 0 saturated carbocycles. The first-order valence-corrected chi connectivity index (χ1v) is 5.35. The molecule has 0 spiro atoms. The van der Waals surface area contributed by atoms with Gasteiger partial charge in [0.2, 0.25) is 0 Å². The highest BCUT2D eigenvalue weighted by Crippen LogP contribution is 2.33. The van der Waals surface area contributed by atoms with Gasteiger partial charge < -0.3 is 9.47 Å². The lowest BCUT2D eigenvalue weighted by Crippen LogP contribution is -2.34. The van der Waals surface area contributed by atoms with Crippen LogP contribution in [0.2, 0.25) is 0 Å². The van der Waals surface area contributed by atoms with Crippen molar-refractivity contribution in [2.45, 2.75) is 46.3 Å². The average Bonchev–Trinajstić information content (AvgIpc) is 2.35. The average molecular weight is 226 g/mol. The Morgan fingerprint density at radius 2 is 2.06 bits per heavy atom. The highest BCUT2D eigenvalue weighted by atomic mass is 16.6. The highest BCUT2D eigenvalue weighted by Gasteiger charge is 2.43. The van der Waals surface area contributed by atoms with Gasteiger partial charge in [-0.1, -0.05) is 0 Å². The van der Waals surface area contributed by atoms with Crippen LogP contribution in [0, 0.1) is 0 Å². The second kappa shape index (κ2) is 4.37. The number of hydrogen-bond acceptors (Lipinski definition) is 4.